The second-order valence-electron chi connectivity index (χ2n) is 4.29. The molecule has 0 spiro atoms. The van der Waals surface area contributed by atoms with Gasteiger partial charge in [-0.25, -0.2) is 0 Å². The minimum atomic E-state index is 0.214. The molecule has 0 radical (unpaired) electrons. The first-order chi connectivity index (χ1) is 8.20. The van der Waals surface area contributed by atoms with Crippen LogP contribution in [-0.2, 0) is 0 Å². The average Bonchev–Trinajstić information content (AvgIpc) is 2.72. The number of fused-ring (bicyclic) bond motifs is 1. The fourth-order valence-electron chi connectivity index (χ4n) is 1.92. The molecule has 3 heteroatoms. The van der Waals surface area contributed by atoms with E-state index in [1.165, 1.54) is 0 Å². The monoisotopic (exact) mass is 293 g/mol. The summed E-state index contributed by atoms with van der Waals surface area (Å²) in [5, 5.41) is 1.09. The lowest BCUT2D eigenvalue weighted by Crippen LogP contribution is -1.98. The topological polar surface area (TPSA) is 32.9 Å². The van der Waals surface area contributed by atoms with E-state index in [9.17, 15) is 4.79 Å². The van der Waals surface area contributed by atoms with Gasteiger partial charge in [-0.05, 0) is 24.6 Å². The summed E-state index contributed by atoms with van der Waals surface area (Å²) in [7, 11) is 0. The molecule has 17 heavy (non-hydrogen) atoms. The number of Topliss-reactive ketones (excluding diaryl/α,β-unsaturated/α-hetero) is 1. The van der Waals surface area contributed by atoms with E-state index < -0.39 is 0 Å². The summed E-state index contributed by atoms with van der Waals surface area (Å²) in [6.07, 6.45) is 3.89. The molecule has 1 aromatic carbocycles. The zero-order valence-corrected chi connectivity index (χ0v) is 11.5. The highest BCUT2D eigenvalue weighted by atomic mass is 79.9. The number of nitrogens with one attached hydrogen (secondary N) is 1. The van der Waals surface area contributed by atoms with E-state index in [0.717, 1.165) is 40.3 Å². The van der Waals surface area contributed by atoms with Gasteiger partial charge in [0.25, 0.3) is 0 Å². The van der Waals surface area contributed by atoms with Crippen molar-refractivity contribution in [1.29, 1.82) is 0 Å². The number of ketones is 1. The number of H-pyrrole nitrogens is 1. The molecule has 0 atom stereocenters. The summed E-state index contributed by atoms with van der Waals surface area (Å²) >= 11 is 3.43. The third-order valence-electron chi connectivity index (χ3n) is 2.89. The fourth-order valence-corrected chi connectivity index (χ4v) is 2.28. The Labute approximate surface area is 110 Å². The number of hydrogen-bond donors (Lipinski definition) is 1. The third kappa shape index (κ3) is 2.97. The van der Waals surface area contributed by atoms with Gasteiger partial charge in [0.15, 0.2) is 5.78 Å². The van der Waals surface area contributed by atoms with Gasteiger partial charge in [0.1, 0.15) is 0 Å². The standard InChI is InChI=1S/C14H16BrNO/c1-2-3-4-5-14(17)13-8-10-6-7-11(15)9-12(10)16-13/h6-9,16H,2-5H2,1H3. The molecule has 0 aliphatic carbocycles. The average molecular weight is 294 g/mol. The molecule has 0 amide bonds. The van der Waals surface area contributed by atoms with Crippen LogP contribution in [0.4, 0.5) is 0 Å². The first kappa shape index (κ1) is 12.4. The summed E-state index contributed by atoms with van der Waals surface area (Å²) in [4.78, 5) is 15.1. The van der Waals surface area contributed by atoms with Crippen LogP contribution in [0.5, 0.6) is 0 Å². The zero-order chi connectivity index (χ0) is 12.3. The molecule has 0 fully saturated rings. The molecule has 0 bridgehead atoms. The van der Waals surface area contributed by atoms with E-state index in [1.807, 2.05) is 24.3 Å². The highest BCUT2D eigenvalue weighted by Crippen LogP contribution is 2.21. The van der Waals surface area contributed by atoms with Crippen LogP contribution in [-0.4, -0.2) is 10.8 Å². The maximum Gasteiger partial charge on any atom is 0.179 e. The van der Waals surface area contributed by atoms with Gasteiger partial charge in [0.05, 0.1) is 5.69 Å². The normalized spacial score (nSPS) is 10.9. The van der Waals surface area contributed by atoms with Crippen molar-refractivity contribution < 1.29 is 4.79 Å². The molecule has 1 heterocycles. The minimum Gasteiger partial charge on any atom is -0.352 e. The van der Waals surface area contributed by atoms with Gasteiger partial charge in [0.2, 0.25) is 0 Å². The van der Waals surface area contributed by atoms with Gasteiger partial charge in [-0.15, -0.1) is 0 Å². The van der Waals surface area contributed by atoms with E-state index in [0.29, 0.717) is 6.42 Å². The number of aromatic nitrogens is 1. The van der Waals surface area contributed by atoms with Gasteiger partial charge in [-0.2, -0.15) is 0 Å². The number of carbonyl (C=O) groups excluding carboxylic acids is 1. The summed E-state index contributed by atoms with van der Waals surface area (Å²) < 4.78 is 1.02. The van der Waals surface area contributed by atoms with Crippen molar-refractivity contribution >= 4 is 32.6 Å². The quantitative estimate of drug-likeness (QED) is 0.629. The van der Waals surface area contributed by atoms with E-state index in [2.05, 4.69) is 27.8 Å². The predicted octanol–water partition coefficient (Wildman–Crippen LogP) is 4.69. The van der Waals surface area contributed by atoms with Crippen LogP contribution >= 0.6 is 15.9 Å². The Bertz CT molecular complexity index is 530. The second-order valence-corrected chi connectivity index (χ2v) is 5.21. The van der Waals surface area contributed by atoms with Crippen molar-refractivity contribution in [2.45, 2.75) is 32.6 Å². The van der Waals surface area contributed by atoms with Gasteiger partial charge in [0, 0.05) is 21.8 Å². The Morgan fingerprint density at radius 3 is 2.88 bits per heavy atom. The highest BCUT2D eigenvalue weighted by molar-refractivity contribution is 9.10. The van der Waals surface area contributed by atoms with Crippen molar-refractivity contribution in [1.82, 2.24) is 4.98 Å². The molecule has 2 rings (SSSR count). The summed E-state index contributed by atoms with van der Waals surface area (Å²) in [5.41, 5.74) is 1.74. The molecule has 1 aromatic heterocycles. The Kier molecular flexibility index (Phi) is 4.00. The number of benzene rings is 1. The number of rotatable bonds is 5. The second kappa shape index (κ2) is 5.50. The molecular weight excluding hydrogens is 278 g/mol. The molecular formula is C14H16BrNO. The molecule has 0 unspecified atom stereocenters. The van der Waals surface area contributed by atoms with Crippen LogP contribution in [0.15, 0.2) is 28.7 Å². The summed E-state index contributed by atoms with van der Waals surface area (Å²) in [6.45, 7) is 2.14. The number of carbonyl (C=O) groups is 1. The van der Waals surface area contributed by atoms with Crippen LogP contribution in [0.3, 0.4) is 0 Å². The Balaban J connectivity index is 2.15. The Morgan fingerprint density at radius 1 is 1.29 bits per heavy atom. The number of hydrogen-bond acceptors (Lipinski definition) is 1. The Morgan fingerprint density at radius 2 is 2.12 bits per heavy atom. The smallest absolute Gasteiger partial charge is 0.179 e. The summed E-state index contributed by atoms with van der Waals surface area (Å²) in [5.74, 6) is 0.214. The van der Waals surface area contributed by atoms with Gasteiger partial charge < -0.3 is 4.98 Å². The maximum atomic E-state index is 11.9. The lowest BCUT2D eigenvalue weighted by molar-refractivity contribution is 0.0975. The van der Waals surface area contributed by atoms with Gasteiger partial charge >= 0.3 is 0 Å². The maximum absolute atomic E-state index is 11.9. The van der Waals surface area contributed by atoms with Crippen molar-refractivity contribution in [3.63, 3.8) is 0 Å². The van der Waals surface area contributed by atoms with Crippen LogP contribution in [0.2, 0.25) is 0 Å². The van der Waals surface area contributed by atoms with E-state index >= 15 is 0 Å². The van der Waals surface area contributed by atoms with Crippen molar-refractivity contribution in [3.8, 4) is 0 Å². The van der Waals surface area contributed by atoms with Crippen LogP contribution < -0.4 is 0 Å². The molecule has 0 aliphatic heterocycles. The molecule has 0 aliphatic rings. The lowest BCUT2D eigenvalue weighted by atomic mass is 10.1. The fraction of sp³-hybridized carbons (Fsp3) is 0.357. The largest absolute Gasteiger partial charge is 0.352 e. The van der Waals surface area contributed by atoms with Crippen LogP contribution in [0, 0.1) is 0 Å². The van der Waals surface area contributed by atoms with E-state index in [-0.39, 0.29) is 5.78 Å². The molecule has 0 saturated heterocycles. The zero-order valence-electron chi connectivity index (χ0n) is 9.92. The van der Waals surface area contributed by atoms with Crippen LogP contribution in [0.25, 0.3) is 10.9 Å². The number of aromatic amines is 1. The predicted molar refractivity (Wildman–Crippen MR) is 74.5 cm³/mol. The third-order valence-corrected chi connectivity index (χ3v) is 3.39. The van der Waals surface area contributed by atoms with Crippen LogP contribution in [0.1, 0.15) is 43.1 Å². The molecule has 2 nitrogen and oxygen atoms in total. The molecule has 2 aromatic rings. The first-order valence-corrected chi connectivity index (χ1v) is 6.81. The summed E-state index contributed by atoms with van der Waals surface area (Å²) in [6, 6.07) is 7.94. The SMILES string of the molecule is CCCCCC(=O)c1cc2ccc(Br)cc2[nH]1. The number of unbranched alkanes of at least 4 members (excludes halogenated alkanes) is 2. The minimum absolute atomic E-state index is 0.214. The molecule has 0 saturated carbocycles. The van der Waals surface area contributed by atoms with Gasteiger partial charge in [-0.3, -0.25) is 4.79 Å². The molecule has 1 N–H and O–H groups in total. The first-order valence-electron chi connectivity index (χ1n) is 6.02. The number of halogens is 1. The van der Waals surface area contributed by atoms with Crippen molar-refractivity contribution in [2.24, 2.45) is 0 Å². The van der Waals surface area contributed by atoms with E-state index in [4.69, 9.17) is 0 Å². The highest BCUT2D eigenvalue weighted by Gasteiger charge is 2.09. The van der Waals surface area contributed by atoms with Crippen molar-refractivity contribution in [2.75, 3.05) is 0 Å². The van der Waals surface area contributed by atoms with Crippen molar-refractivity contribution in [3.05, 3.63) is 34.4 Å². The Hall–Kier alpha value is -1.09. The molecule has 90 valence electrons. The van der Waals surface area contributed by atoms with Gasteiger partial charge in [-0.1, -0.05) is 41.8 Å². The lowest BCUT2D eigenvalue weighted by Gasteiger charge is -1.96. The van der Waals surface area contributed by atoms with E-state index in [1.54, 1.807) is 0 Å².